The summed E-state index contributed by atoms with van der Waals surface area (Å²) in [5.41, 5.74) is 1.76. The molecule has 0 unspecified atom stereocenters. The summed E-state index contributed by atoms with van der Waals surface area (Å²) in [5.74, 6) is -0.818. The van der Waals surface area contributed by atoms with E-state index in [9.17, 15) is 13.6 Å². The maximum Gasteiger partial charge on any atom is 0.276 e. The van der Waals surface area contributed by atoms with E-state index in [4.69, 9.17) is 9.05 Å². The van der Waals surface area contributed by atoms with E-state index in [1.807, 2.05) is 6.92 Å². The zero-order valence-corrected chi connectivity index (χ0v) is 14.7. The molecule has 3 heterocycles. The lowest BCUT2D eigenvalue weighted by atomic mass is 10.0. The third-order valence-corrected chi connectivity index (χ3v) is 4.58. The van der Waals surface area contributed by atoms with Crippen LogP contribution in [0.15, 0.2) is 33.3 Å². The quantitative estimate of drug-likeness (QED) is 0.696. The second-order valence-corrected chi connectivity index (χ2v) is 6.47. The minimum absolute atomic E-state index is 0.246. The molecular weight excluding hydrogens is 356 g/mol. The summed E-state index contributed by atoms with van der Waals surface area (Å²) in [6.45, 7) is 2.72. The Hall–Kier alpha value is -3.03. The maximum atomic E-state index is 13.6. The number of hydrogen-bond acceptors (Lipinski definition) is 5. The zero-order valence-electron chi connectivity index (χ0n) is 14.7. The van der Waals surface area contributed by atoms with Crippen LogP contribution in [0.3, 0.4) is 0 Å². The average molecular weight is 373 g/mol. The number of nitrogens with zero attached hydrogens (tertiary/aromatic N) is 3. The van der Waals surface area contributed by atoms with Crippen LogP contribution in [0.1, 0.15) is 40.9 Å². The van der Waals surface area contributed by atoms with Crippen LogP contribution in [0.5, 0.6) is 0 Å². The van der Waals surface area contributed by atoms with Gasteiger partial charge in [-0.1, -0.05) is 17.2 Å². The Morgan fingerprint density at radius 3 is 2.81 bits per heavy atom. The fraction of sp³-hybridized carbons (Fsp3) is 0.316. The number of carbonyl (C=O) groups excluding carboxylic acids is 1. The molecule has 1 aliphatic heterocycles. The summed E-state index contributed by atoms with van der Waals surface area (Å²) in [5, 5.41) is 7.86. The van der Waals surface area contributed by atoms with Crippen LogP contribution in [0.4, 0.5) is 8.78 Å². The number of carbonyl (C=O) groups is 1. The topological polar surface area (TPSA) is 72.4 Å². The summed E-state index contributed by atoms with van der Waals surface area (Å²) in [4.78, 5) is 14.4. The van der Waals surface area contributed by atoms with Crippen LogP contribution in [0.2, 0.25) is 0 Å². The minimum atomic E-state index is -0.959. The first-order valence-corrected chi connectivity index (χ1v) is 8.74. The van der Waals surface area contributed by atoms with Gasteiger partial charge in [-0.2, -0.15) is 0 Å². The summed E-state index contributed by atoms with van der Waals surface area (Å²) in [6, 6.07) is 5.21. The second-order valence-electron chi connectivity index (χ2n) is 6.47. The van der Waals surface area contributed by atoms with Crippen LogP contribution < -0.4 is 0 Å². The first-order chi connectivity index (χ1) is 13.1. The first kappa shape index (κ1) is 17.4. The molecule has 0 N–H and O–H groups in total. The molecule has 0 aliphatic carbocycles. The van der Waals surface area contributed by atoms with E-state index in [0.29, 0.717) is 41.3 Å². The van der Waals surface area contributed by atoms with Gasteiger partial charge in [0.1, 0.15) is 17.2 Å². The lowest BCUT2D eigenvalue weighted by molar-refractivity contribution is 0.0718. The molecule has 1 aromatic carbocycles. The molecule has 0 bridgehead atoms. The summed E-state index contributed by atoms with van der Waals surface area (Å²) >= 11 is 0. The van der Waals surface area contributed by atoms with Crippen LogP contribution >= 0.6 is 0 Å². The van der Waals surface area contributed by atoms with Gasteiger partial charge >= 0.3 is 0 Å². The van der Waals surface area contributed by atoms with E-state index >= 15 is 0 Å². The summed E-state index contributed by atoms with van der Waals surface area (Å²) in [6.07, 6.45) is 2.10. The van der Waals surface area contributed by atoms with Crippen LogP contribution in [-0.4, -0.2) is 27.7 Å². The number of aryl methyl sites for hydroxylation is 1. The van der Waals surface area contributed by atoms with Crippen LogP contribution in [0, 0.1) is 11.6 Å². The number of rotatable bonds is 4. The Bertz CT molecular complexity index is 996. The van der Waals surface area contributed by atoms with Gasteiger partial charge in [0, 0.05) is 36.6 Å². The van der Waals surface area contributed by atoms with Gasteiger partial charge in [-0.05, 0) is 24.6 Å². The molecule has 3 aromatic rings. The Labute approximate surface area is 153 Å². The van der Waals surface area contributed by atoms with E-state index in [1.165, 1.54) is 6.07 Å². The first-order valence-electron chi connectivity index (χ1n) is 8.74. The number of aromatic nitrogens is 2. The number of benzene rings is 1. The molecule has 0 fully saturated rings. The number of halogens is 2. The van der Waals surface area contributed by atoms with Crippen molar-refractivity contribution < 1.29 is 22.6 Å². The molecule has 8 heteroatoms. The monoisotopic (exact) mass is 373 g/mol. The van der Waals surface area contributed by atoms with Crippen molar-refractivity contribution in [3.05, 3.63) is 58.7 Å². The standard InChI is InChI=1S/C19H17F2N3O3/c1-2-3-12-9-16(22-26-12)19(25)24-7-6-17-13(10-24)18(23-27-17)11-4-5-14(20)15(21)8-11/h4-5,8-9H,2-3,6-7,10H2,1H3. The molecule has 1 aliphatic rings. The Morgan fingerprint density at radius 2 is 2.04 bits per heavy atom. The van der Waals surface area contributed by atoms with Crippen molar-refractivity contribution in [3.8, 4) is 11.3 Å². The molecule has 2 aromatic heterocycles. The third-order valence-electron chi connectivity index (χ3n) is 4.58. The lowest BCUT2D eigenvalue weighted by Crippen LogP contribution is -2.35. The zero-order chi connectivity index (χ0) is 19.0. The summed E-state index contributed by atoms with van der Waals surface area (Å²) in [7, 11) is 0. The van der Waals surface area contributed by atoms with Gasteiger partial charge in [-0.3, -0.25) is 4.79 Å². The number of hydrogen-bond donors (Lipinski definition) is 0. The van der Waals surface area contributed by atoms with E-state index in [2.05, 4.69) is 10.3 Å². The van der Waals surface area contributed by atoms with Gasteiger partial charge in [0.05, 0.1) is 6.54 Å². The largest absolute Gasteiger partial charge is 0.361 e. The van der Waals surface area contributed by atoms with Gasteiger partial charge in [-0.25, -0.2) is 8.78 Å². The van der Waals surface area contributed by atoms with Crippen molar-refractivity contribution in [2.75, 3.05) is 6.54 Å². The fourth-order valence-electron chi connectivity index (χ4n) is 3.19. The van der Waals surface area contributed by atoms with Crippen LogP contribution in [-0.2, 0) is 19.4 Å². The van der Waals surface area contributed by atoms with E-state index in [-0.39, 0.29) is 18.1 Å². The van der Waals surface area contributed by atoms with Crippen molar-refractivity contribution in [2.45, 2.75) is 32.7 Å². The highest BCUT2D eigenvalue weighted by Crippen LogP contribution is 2.31. The van der Waals surface area contributed by atoms with Crippen molar-refractivity contribution in [1.29, 1.82) is 0 Å². The van der Waals surface area contributed by atoms with E-state index < -0.39 is 11.6 Å². The highest BCUT2D eigenvalue weighted by Gasteiger charge is 2.29. The summed E-state index contributed by atoms with van der Waals surface area (Å²) < 4.78 is 37.3. The van der Waals surface area contributed by atoms with E-state index in [0.717, 1.165) is 25.0 Å². The smallest absolute Gasteiger partial charge is 0.276 e. The van der Waals surface area contributed by atoms with Crippen molar-refractivity contribution >= 4 is 5.91 Å². The predicted octanol–water partition coefficient (Wildman–Crippen LogP) is 3.76. The molecule has 27 heavy (non-hydrogen) atoms. The molecule has 0 radical (unpaired) electrons. The van der Waals surface area contributed by atoms with Gasteiger partial charge in [-0.15, -0.1) is 0 Å². The highest BCUT2D eigenvalue weighted by atomic mass is 19.2. The second kappa shape index (κ2) is 6.94. The fourth-order valence-corrected chi connectivity index (χ4v) is 3.19. The molecule has 0 atom stereocenters. The van der Waals surface area contributed by atoms with E-state index in [1.54, 1.807) is 11.0 Å². The van der Waals surface area contributed by atoms with Gasteiger partial charge in [0.2, 0.25) is 0 Å². The predicted molar refractivity (Wildman–Crippen MR) is 90.8 cm³/mol. The Balaban J connectivity index is 1.59. The normalized spacial score (nSPS) is 13.7. The average Bonchev–Trinajstić information content (AvgIpc) is 3.30. The molecule has 0 spiro atoms. The van der Waals surface area contributed by atoms with Crippen LogP contribution in [0.25, 0.3) is 11.3 Å². The van der Waals surface area contributed by atoms with Gasteiger partial charge in [0.25, 0.3) is 5.91 Å². The lowest BCUT2D eigenvalue weighted by Gasteiger charge is -2.25. The molecule has 6 nitrogen and oxygen atoms in total. The van der Waals surface area contributed by atoms with Gasteiger partial charge < -0.3 is 13.9 Å². The highest BCUT2D eigenvalue weighted by molar-refractivity contribution is 5.92. The molecular formula is C19H17F2N3O3. The Morgan fingerprint density at radius 1 is 1.19 bits per heavy atom. The maximum absolute atomic E-state index is 13.6. The minimum Gasteiger partial charge on any atom is -0.361 e. The molecule has 0 saturated heterocycles. The van der Waals surface area contributed by atoms with Gasteiger partial charge in [0.15, 0.2) is 17.3 Å². The molecule has 1 amide bonds. The number of fused-ring (bicyclic) bond motifs is 1. The molecule has 0 saturated carbocycles. The van der Waals surface area contributed by atoms with Crippen molar-refractivity contribution in [2.24, 2.45) is 0 Å². The SMILES string of the molecule is CCCc1cc(C(=O)N2CCc3onc(-c4ccc(F)c(F)c4)c3C2)no1. The molecule has 140 valence electrons. The molecule has 4 rings (SSSR count). The Kier molecular flexibility index (Phi) is 4.47. The number of amides is 1. The third kappa shape index (κ3) is 3.22. The van der Waals surface area contributed by atoms with Crippen molar-refractivity contribution in [3.63, 3.8) is 0 Å². The van der Waals surface area contributed by atoms with Crippen molar-refractivity contribution in [1.82, 2.24) is 15.2 Å².